The van der Waals surface area contributed by atoms with Crippen molar-refractivity contribution in [3.63, 3.8) is 0 Å². The van der Waals surface area contributed by atoms with Crippen molar-refractivity contribution in [2.75, 3.05) is 39.5 Å². The molecule has 1 unspecified atom stereocenters. The topological polar surface area (TPSA) is 54.9 Å². The van der Waals surface area contributed by atoms with Crippen molar-refractivity contribution in [1.82, 2.24) is 10.6 Å². The Balaban J connectivity index is 0.00000288. The number of nitrogens with one attached hydrogen (secondary N) is 2. The summed E-state index contributed by atoms with van der Waals surface area (Å²) in [6.07, 6.45) is 8.99. The van der Waals surface area contributed by atoms with Gasteiger partial charge in [0.2, 0.25) is 0 Å². The molecule has 5 nitrogen and oxygen atoms in total. The second kappa shape index (κ2) is 12.3. The lowest BCUT2D eigenvalue weighted by Gasteiger charge is -2.21. The van der Waals surface area contributed by atoms with E-state index in [2.05, 4.69) is 24.5 Å². The van der Waals surface area contributed by atoms with E-state index in [0.717, 1.165) is 58.3 Å². The van der Waals surface area contributed by atoms with Gasteiger partial charge in [0.25, 0.3) is 0 Å². The van der Waals surface area contributed by atoms with E-state index in [1.807, 2.05) is 0 Å². The smallest absolute Gasteiger partial charge is 0.191 e. The van der Waals surface area contributed by atoms with Crippen LogP contribution in [0.2, 0.25) is 0 Å². The van der Waals surface area contributed by atoms with E-state index in [9.17, 15) is 0 Å². The molecule has 1 heterocycles. The van der Waals surface area contributed by atoms with E-state index < -0.39 is 0 Å². The minimum atomic E-state index is 0. The standard InChI is InChI=1S/C18H35N3O2.HI/c1-3-19-17(21-15-18(2)9-4-5-10-18)20-11-7-12-22-14-16-8-6-13-23-16;/h16H,3-15H2,1-2H3,(H2,19,20,21);1H. The van der Waals surface area contributed by atoms with Gasteiger partial charge in [0.15, 0.2) is 5.96 Å². The first-order chi connectivity index (χ1) is 11.2. The van der Waals surface area contributed by atoms with E-state index in [4.69, 9.17) is 14.5 Å². The molecule has 0 aromatic rings. The molecule has 2 aliphatic rings. The maximum Gasteiger partial charge on any atom is 0.191 e. The van der Waals surface area contributed by atoms with Gasteiger partial charge in [0.1, 0.15) is 0 Å². The van der Waals surface area contributed by atoms with E-state index in [-0.39, 0.29) is 24.0 Å². The van der Waals surface area contributed by atoms with Crippen LogP contribution in [0.25, 0.3) is 0 Å². The molecule has 1 aliphatic carbocycles. The number of hydrogen-bond donors (Lipinski definition) is 2. The monoisotopic (exact) mass is 453 g/mol. The van der Waals surface area contributed by atoms with E-state index in [1.54, 1.807) is 0 Å². The van der Waals surface area contributed by atoms with Crippen molar-refractivity contribution < 1.29 is 9.47 Å². The molecule has 1 aliphatic heterocycles. The average Bonchev–Trinajstić information content (AvgIpc) is 3.20. The Morgan fingerprint density at radius 2 is 2.04 bits per heavy atom. The molecule has 0 spiro atoms. The van der Waals surface area contributed by atoms with Gasteiger partial charge in [-0.15, -0.1) is 24.0 Å². The summed E-state index contributed by atoms with van der Waals surface area (Å²) in [4.78, 5) is 4.78. The Hall–Kier alpha value is -0.0800. The molecule has 0 aromatic heterocycles. The van der Waals surface area contributed by atoms with Gasteiger partial charge in [0, 0.05) is 32.8 Å². The van der Waals surface area contributed by atoms with Gasteiger partial charge in [-0.3, -0.25) is 4.99 Å². The molecule has 2 fully saturated rings. The predicted molar refractivity (Wildman–Crippen MR) is 110 cm³/mol. The van der Waals surface area contributed by atoms with E-state index in [0.29, 0.717) is 11.5 Å². The first kappa shape index (κ1) is 22.0. The molecule has 2 N–H and O–H groups in total. The third-order valence-electron chi connectivity index (χ3n) is 4.86. The Morgan fingerprint density at radius 1 is 1.25 bits per heavy atom. The summed E-state index contributed by atoms with van der Waals surface area (Å²) in [5.41, 5.74) is 0.409. The van der Waals surface area contributed by atoms with Crippen molar-refractivity contribution in [1.29, 1.82) is 0 Å². The van der Waals surface area contributed by atoms with Gasteiger partial charge in [-0.1, -0.05) is 19.8 Å². The van der Waals surface area contributed by atoms with Crippen LogP contribution in [0.1, 0.15) is 58.8 Å². The van der Waals surface area contributed by atoms with Gasteiger partial charge < -0.3 is 20.1 Å². The fourth-order valence-corrected chi connectivity index (χ4v) is 3.37. The Labute approximate surface area is 164 Å². The molecule has 0 aromatic carbocycles. The second-order valence-corrected chi connectivity index (χ2v) is 7.20. The Kier molecular flexibility index (Phi) is 11.3. The van der Waals surface area contributed by atoms with Crippen LogP contribution in [0.4, 0.5) is 0 Å². The van der Waals surface area contributed by atoms with Crippen molar-refractivity contribution in [3.05, 3.63) is 0 Å². The van der Waals surface area contributed by atoms with Gasteiger partial charge >= 0.3 is 0 Å². The van der Waals surface area contributed by atoms with Crippen LogP contribution >= 0.6 is 24.0 Å². The number of nitrogens with zero attached hydrogens (tertiary/aromatic N) is 1. The molecular weight excluding hydrogens is 417 g/mol. The molecule has 0 amide bonds. The molecule has 6 heteroatoms. The lowest BCUT2D eigenvalue weighted by molar-refractivity contribution is 0.0168. The molecule has 0 bridgehead atoms. The summed E-state index contributed by atoms with van der Waals surface area (Å²) in [7, 11) is 0. The highest BCUT2D eigenvalue weighted by molar-refractivity contribution is 14.0. The van der Waals surface area contributed by atoms with Crippen molar-refractivity contribution in [2.45, 2.75) is 64.9 Å². The summed E-state index contributed by atoms with van der Waals surface area (Å²) in [5.74, 6) is 0.944. The SMILES string of the molecule is CCNC(=NCC1(C)CCCC1)NCCCOCC1CCCO1.I. The second-order valence-electron chi connectivity index (χ2n) is 7.20. The zero-order chi connectivity index (χ0) is 16.4. The number of ether oxygens (including phenoxy) is 2. The first-order valence-corrected chi connectivity index (χ1v) is 9.43. The maximum absolute atomic E-state index is 5.69. The third-order valence-corrected chi connectivity index (χ3v) is 4.86. The number of guanidine groups is 1. The third kappa shape index (κ3) is 8.34. The first-order valence-electron chi connectivity index (χ1n) is 9.43. The zero-order valence-electron chi connectivity index (χ0n) is 15.4. The molecule has 0 radical (unpaired) electrons. The van der Waals surface area contributed by atoms with Crippen molar-refractivity contribution in [3.8, 4) is 0 Å². The normalized spacial score (nSPS) is 23.1. The Bertz CT molecular complexity index is 354. The summed E-state index contributed by atoms with van der Waals surface area (Å²) < 4.78 is 11.2. The summed E-state index contributed by atoms with van der Waals surface area (Å²) in [6.45, 7) is 9.63. The number of rotatable bonds is 9. The van der Waals surface area contributed by atoms with Gasteiger partial charge in [-0.05, 0) is 44.4 Å². The van der Waals surface area contributed by atoms with Gasteiger partial charge in [0.05, 0.1) is 12.7 Å². The van der Waals surface area contributed by atoms with E-state index >= 15 is 0 Å². The molecule has 24 heavy (non-hydrogen) atoms. The lowest BCUT2D eigenvalue weighted by atomic mass is 9.89. The summed E-state index contributed by atoms with van der Waals surface area (Å²) in [6, 6.07) is 0. The zero-order valence-corrected chi connectivity index (χ0v) is 17.8. The fourth-order valence-electron chi connectivity index (χ4n) is 3.37. The molecular formula is C18H36IN3O2. The number of hydrogen-bond acceptors (Lipinski definition) is 3. The van der Waals surface area contributed by atoms with Crippen LogP contribution in [0.15, 0.2) is 4.99 Å². The molecule has 142 valence electrons. The predicted octanol–water partition coefficient (Wildman–Crippen LogP) is 3.33. The van der Waals surface area contributed by atoms with Crippen LogP contribution in [0.5, 0.6) is 0 Å². The van der Waals surface area contributed by atoms with Gasteiger partial charge in [-0.25, -0.2) is 0 Å². The molecule has 1 atom stereocenters. The summed E-state index contributed by atoms with van der Waals surface area (Å²) in [5, 5.41) is 6.76. The molecule has 1 saturated carbocycles. The molecule has 1 saturated heterocycles. The number of halogens is 1. The quantitative estimate of drug-likeness (QED) is 0.244. The minimum absolute atomic E-state index is 0. The average molecular weight is 453 g/mol. The highest BCUT2D eigenvalue weighted by Crippen LogP contribution is 2.37. The fraction of sp³-hybridized carbons (Fsp3) is 0.944. The van der Waals surface area contributed by atoms with Crippen LogP contribution in [0, 0.1) is 5.41 Å². The maximum atomic E-state index is 5.69. The molecule has 2 rings (SSSR count). The van der Waals surface area contributed by atoms with Crippen LogP contribution in [0.3, 0.4) is 0 Å². The Morgan fingerprint density at radius 3 is 2.71 bits per heavy atom. The van der Waals surface area contributed by atoms with Crippen molar-refractivity contribution in [2.24, 2.45) is 10.4 Å². The van der Waals surface area contributed by atoms with Gasteiger partial charge in [-0.2, -0.15) is 0 Å². The van der Waals surface area contributed by atoms with Crippen LogP contribution in [-0.2, 0) is 9.47 Å². The highest BCUT2D eigenvalue weighted by atomic mass is 127. The van der Waals surface area contributed by atoms with E-state index in [1.165, 1.54) is 32.1 Å². The van der Waals surface area contributed by atoms with Crippen LogP contribution < -0.4 is 10.6 Å². The van der Waals surface area contributed by atoms with Crippen molar-refractivity contribution >= 4 is 29.9 Å². The lowest BCUT2D eigenvalue weighted by Crippen LogP contribution is -2.39. The van der Waals surface area contributed by atoms with Crippen LogP contribution in [-0.4, -0.2) is 51.5 Å². The highest BCUT2D eigenvalue weighted by Gasteiger charge is 2.28. The largest absolute Gasteiger partial charge is 0.379 e. The minimum Gasteiger partial charge on any atom is -0.379 e. The number of aliphatic imine (C=N–C) groups is 1. The summed E-state index contributed by atoms with van der Waals surface area (Å²) >= 11 is 0.